The molecule has 2 aromatic carbocycles. The Kier molecular flexibility index (Phi) is 5.83. The molecule has 0 saturated carbocycles. The average molecular weight is 348 g/mol. The van der Waals surface area contributed by atoms with E-state index in [1.165, 1.54) is 16.7 Å². The van der Waals surface area contributed by atoms with Crippen molar-refractivity contribution in [3.63, 3.8) is 0 Å². The standard InChI is InChI=1S/C18H22BrNO/c1-4-21-18-10-5-13(2)11-16(18)17(20-3)12-14-6-8-15(19)9-7-14/h5-11,17,20H,4,12H2,1-3H3. The number of halogens is 1. The van der Waals surface area contributed by atoms with Gasteiger partial charge in [-0.3, -0.25) is 0 Å². The second kappa shape index (κ2) is 7.62. The van der Waals surface area contributed by atoms with Crippen LogP contribution in [0.25, 0.3) is 0 Å². The topological polar surface area (TPSA) is 21.3 Å². The van der Waals surface area contributed by atoms with Gasteiger partial charge >= 0.3 is 0 Å². The fourth-order valence-corrected chi connectivity index (χ4v) is 2.72. The molecule has 2 rings (SSSR count). The highest BCUT2D eigenvalue weighted by atomic mass is 79.9. The normalized spacial score (nSPS) is 12.2. The molecule has 1 unspecified atom stereocenters. The highest BCUT2D eigenvalue weighted by Crippen LogP contribution is 2.29. The number of benzene rings is 2. The minimum Gasteiger partial charge on any atom is -0.494 e. The van der Waals surface area contributed by atoms with E-state index in [1.807, 2.05) is 14.0 Å². The number of hydrogen-bond donors (Lipinski definition) is 1. The first-order chi connectivity index (χ1) is 10.1. The van der Waals surface area contributed by atoms with E-state index >= 15 is 0 Å². The summed E-state index contributed by atoms with van der Waals surface area (Å²) >= 11 is 3.48. The summed E-state index contributed by atoms with van der Waals surface area (Å²) in [6.45, 7) is 4.82. The van der Waals surface area contributed by atoms with Gasteiger partial charge in [-0.1, -0.05) is 45.8 Å². The van der Waals surface area contributed by atoms with Crippen molar-refractivity contribution in [1.29, 1.82) is 0 Å². The molecule has 1 atom stereocenters. The lowest BCUT2D eigenvalue weighted by atomic mass is 9.97. The first kappa shape index (κ1) is 16.1. The predicted octanol–water partition coefficient (Wildman–Crippen LogP) is 4.66. The number of hydrogen-bond acceptors (Lipinski definition) is 2. The molecule has 2 nitrogen and oxygen atoms in total. The Morgan fingerprint density at radius 3 is 2.48 bits per heavy atom. The lowest BCUT2D eigenvalue weighted by Crippen LogP contribution is -2.20. The number of aryl methyl sites for hydroxylation is 1. The molecule has 0 spiro atoms. The van der Waals surface area contributed by atoms with Crippen LogP contribution in [0.2, 0.25) is 0 Å². The van der Waals surface area contributed by atoms with Crippen LogP contribution in [0.5, 0.6) is 5.75 Å². The van der Waals surface area contributed by atoms with E-state index < -0.39 is 0 Å². The molecule has 3 heteroatoms. The van der Waals surface area contributed by atoms with Crippen molar-refractivity contribution in [2.45, 2.75) is 26.3 Å². The molecule has 0 aliphatic rings. The summed E-state index contributed by atoms with van der Waals surface area (Å²) < 4.78 is 6.89. The van der Waals surface area contributed by atoms with Gasteiger partial charge in [-0.25, -0.2) is 0 Å². The molecule has 0 aliphatic carbocycles. The van der Waals surface area contributed by atoms with E-state index in [2.05, 4.69) is 70.6 Å². The van der Waals surface area contributed by atoms with Gasteiger partial charge in [0.25, 0.3) is 0 Å². The lowest BCUT2D eigenvalue weighted by Gasteiger charge is -2.21. The molecule has 21 heavy (non-hydrogen) atoms. The molecule has 0 aromatic heterocycles. The summed E-state index contributed by atoms with van der Waals surface area (Å²) in [5.74, 6) is 0.972. The summed E-state index contributed by atoms with van der Waals surface area (Å²) in [5, 5.41) is 3.42. The predicted molar refractivity (Wildman–Crippen MR) is 92.0 cm³/mol. The summed E-state index contributed by atoms with van der Waals surface area (Å²) in [4.78, 5) is 0. The van der Waals surface area contributed by atoms with Crippen molar-refractivity contribution in [1.82, 2.24) is 5.32 Å². The lowest BCUT2D eigenvalue weighted by molar-refractivity contribution is 0.332. The van der Waals surface area contributed by atoms with Gasteiger partial charge in [0.2, 0.25) is 0 Å². The summed E-state index contributed by atoms with van der Waals surface area (Å²) in [5.41, 5.74) is 3.79. The summed E-state index contributed by atoms with van der Waals surface area (Å²) in [7, 11) is 2.00. The molecule has 112 valence electrons. The number of ether oxygens (including phenoxy) is 1. The van der Waals surface area contributed by atoms with Crippen LogP contribution in [-0.2, 0) is 6.42 Å². The monoisotopic (exact) mass is 347 g/mol. The third-order valence-electron chi connectivity index (χ3n) is 3.54. The van der Waals surface area contributed by atoms with Crippen molar-refractivity contribution in [3.05, 3.63) is 63.6 Å². The minimum absolute atomic E-state index is 0.243. The van der Waals surface area contributed by atoms with Crippen LogP contribution in [0, 0.1) is 6.92 Å². The molecule has 0 radical (unpaired) electrons. The number of rotatable bonds is 6. The number of nitrogens with one attached hydrogen (secondary N) is 1. The highest BCUT2D eigenvalue weighted by Gasteiger charge is 2.15. The van der Waals surface area contributed by atoms with Crippen LogP contribution in [0.3, 0.4) is 0 Å². The average Bonchev–Trinajstić information content (AvgIpc) is 2.49. The molecule has 0 saturated heterocycles. The molecule has 2 aromatic rings. The molecule has 0 heterocycles. The van der Waals surface area contributed by atoms with Crippen molar-refractivity contribution < 1.29 is 4.74 Å². The van der Waals surface area contributed by atoms with Gasteiger partial charge in [-0.2, -0.15) is 0 Å². The van der Waals surface area contributed by atoms with Gasteiger partial charge < -0.3 is 10.1 Å². The Bertz CT molecular complexity index is 580. The zero-order chi connectivity index (χ0) is 15.2. The van der Waals surface area contributed by atoms with Crippen molar-refractivity contribution in [2.24, 2.45) is 0 Å². The highest BCUT2D eigenvalue weighted by molar-refractivity contribution is 9.10. The maximum Gasteiger partial charge on any atom is 0.124 e. The van der Waals surface area contributed by atoms with E-state index in [9.17, 15) is 0 Å². The fraction of sp³-hybridized carbons (Fsp3) is 0.333. The van der Waals surface area contributed by atoms with Crippen molar-refractivity contribution in [2.75, 3.05) is 13.7 Å². The number of likely N-dealkylation sites (N-methyl/N-ethyl adjacent to an activating group) is 1. The van der Waals surface area contributed by atoms with Crippen molar-refractivity contribution in [3.8, 4) is 5.75 Å². The van der Waals surface area contributed by atoms with Gasteiger partial charge in [0, 0.05) is 16.1 Å². The van der Waals surface area contributed by atoms with E-state index in [0.717, 1.165) is 16.6 Å². The molecule has 0 bridgehead atoms. The molecule has 1 N–H and O–H groups in total. The van der Waals surface area contributed by atoms with Gasteiger partial charge in [-0.05, 0) is 51.1 Å². The SMILES string of the molecule is CCOc1ccc(C)cc1C(Cc1ccc(Br)cc1)NC. The maximum atomic E-state index is 5.78. The van der Waals surface area contributed by atoms with Gasteiger partial charge in [0.05, 0.1) is 6.61 Å². The van der Waals surface area contributed by atoms with Crippen LogP contribution < -0.4 is 10.1 Å². The first-order valence-electron chi connectivity index (χ1n) is 7.29. The van der Waals surface area contributed by atoms with Gasteiger partial charge in [-0.15, -0.1) is 0 Å². The van der Waals surface area contributed by atoms with Gasteiger partial charge in [0.1, 0.15) is 5.75 Å². The van der Waals surface area contributed by atoms with Crippen LogP contribution in [0.15, 0.2) is 46.9 Å². The van der Waals surface area contributed by atoms with Crippen LogP contribution in [0.4, 0.5) is 0 Å². The van der Waals surface area contributed by atoms with Crippen LogP contribution >= 0.6 is 15.9 Å². The minimum atomic E-state index is 0.243. The van der Waals surface area contributed by atoms with E-state index in [-0.39, 0.29) is 6.04 Å². The molecular weight excluding hydrogens is 326 g/mol. The summed E-state index contributed by atoms with van der Waals surface area (Å²) in [6, 6.07) is 15.1. The molecule has 0 aliphatic heterocycles. The zero-order valence-corrected chi connectivity index (χ0v) is 14.4. The van der Waals surface area contributed by atoms with E-state index in [1.54, 1.807) is 0 Å². The third-order valence-corrected chi connectivity index (χ3v) is 4.07. The Balaban J connectivity index is 2.27. The second-order valence-corrected chi connectivity index (χ2v) is 6.06. The van der Waals surface area contributed by atoms with Gasteiger partial charge in [0.15, 0.2) is 0 Å². The Morgan fingerprint density at radius 2 is 1.86 bits per heavy atom. The molecule has 0 fully saturated rings. The van der Waals surface area contributed by atoms with E-state index in [4.69, 9.17) is 4.74 Å². The molecule has 0 amide bonds. The summed E-state index contributed by atoms with van der Waals surface area (Å²) in [6.07, 6.45) is 0.938. The zero-order valence-electron chi connectivity index (χ0n) is 12.8. The fourth-order valence-electron chi connectivity index (χ4n) is 2.45. The largest absolute Gasteiger partial charge is 0.494 e. The first-order valence-corrected chi connectivity index (χ1v) is 8.08. The smallest absolute Gasteiger partial charge is 0.124 e. The Morgan fingerprint density at radius 1 is 1.14 bits per heavy atom. The molecular formula is C18H22BrNO. The quantitative estimate of drug-likeness (QED) is 0.820. The second-order valence-electron chi connectivity index (χ2n) is 5.15. The Hall–Kier alpha value is -1.32. The maximum absolute atomic E-state index is 5.78. The van der Waals surface area contributed by atoms with Crippen LogP contribution in [0.1, 0.15) is 29.7 Å². The van der Waals surface area contributed by atoms with E-state index in [0.29, 0.717) is 6.61 Å². The Labute approximate surface area is 135 Å². The third kappa shape index (κ3) is 4.32. The van der Waals surface area contributed by atoms with Crippen LogP contribution in [-0.4, -0.2) is 13.7 Å². The van der Waals surface area contributed by atoms with Crippen molar-refractivity contribution >= 4 is 15.9 Å².